The van der Waals surface area contributed by atoms with Crippen LogP contribution in [0.2, 0.25) is 0 Å². The Morgan fingerprint density at radius 2 is 1.53 bits per heavy atom. The van der Waals surface area contributed by atoms with Crippen molar-refractivity contribution in [2.24, 2.45) is 5.92 Å². The quantitative estimate of drug-likeness (QED) is 0.753. The summed E-state index contributed by atoms with van der Waals surface area (Å²) in [6.07, 6.45) is 1.10. The van der Waals surface area contributed by atoms with Crippen molar-refractivity contribution in [1.29, 1.82) is 0 Å². The van der Waals surface area contributed by atoms with Crippen LogP contribution in [0.5, 0.6) is 5.75 Å². The Bertz CT molecular complexity index is 487. The molecular formula is C18H22O. The Labute approximate surface area is 116 Å². The summed E-state index contributed by atoms with van der Waals surface area (Å²) in [6, 6.07) is 19.1. The van der Waals surface area contributed by atoms with Gasteiger partial charge in [-0.05, 0) is 41.5 Å². The lowest BCUT2D eigenvalue weighted by atomic mass is 9.85. The van der Waals surface area contributed by atoms with Gasteiger partial charge in [0.25, 0.3) is 0 Å². The van der Waals surface area contributed by atoms with Gasteiger partial charge in [-0.3, -0.25) is 0 Å². The van der Waals surface area contributed by atoms with E-state index in [2.05, 4.69) is 56.3 Å². The van der Waals surface area contributed by atoms with Gasteiger partial charge in [0.2, 0.25) is 0 Å². The lowest BCUT2D eigenvalue weighted by Gasteiger charge is -2.20. The minimum absolute atomic E-state index is 0.573. The second kappa shape index (κ2) is 6.42. The van der Waals surface area contributed by atoms with Crippen LogP contribution in [0.15, 0.2) is 54.6 Å². The van der Waals surface area contributed by atoms with Gasteiger partial charge in [0.1, 0.15) is 5.75 Å². The third kappa shape index (κ3) is 3.60. The van der Waals surface area contributed by atoms with Crippen molar-refractivity contribution in [1.82, 2.24) is 0 Å². The molecule has 0 aliphatic carbocycles. The lowest BCUT2D eigenvalue weighted by molar-refractivity contribution is 0.414. The van der Waals surface area contributed by atoms with E-state index in [1.807, 2.05) is 12.1 Å². The number of methoxy groups -OCH3 is 1. The molecule has 0 aliphatic heterocycles. The Hall–Kier alpha value is -1.76. The monoisotopic (exact) mass is 254 g/mol. The second-order valence-electron chi connectivity index (χ2n) is 5.23. The van der Waals surface area contributed by atoms with E-state index in [0.717, 1.165) is 12.2 Å². The van der Waals surface area contributed by atoms with Crippen molar-refractivity contribution >= 4 is 0 Å². The topological polar surface area (TPSA) is 9.23 Å². The van der Waals surface area contributed by atoms with E-state index in [0.29, 0.717) is 11.8 Å². The molecule has 0 amide bonds. The molecule has 1 heteroatoms. The highest BCUT2D eigenvalue weighted by atomic mass is 16.5. The summed E-state index contributed by atoms with van der Waals surface area (Å²) < 4.78 is 5.19. The summed E-state index contributed by atoms with van der Waals surface area (Å²) in [4.78, 5) is 0. The van der Waals surface area contributed by atoms with E-state index in [9.17, 15) is 0 Å². The lowest BCUT2D eigenvalue weighted by Crippen LogP contribution is -2.09. The molecule has 0 saturated carbocycles. The Kier molecular flexibility index (Phi) is 4.62. The first-order valence-electron chi connectivity index (χ1n) is 6.88. The largest absolute Gasteiger partial charge is 0.497 e. The third-order valence-corrected chi connectivity index (χ3v) is 3.90. The van der Waals surface area contributed by atoms with E-state index in [4.69, 9.17) is 4.74 Å². The molecule has 2 rings (SSSR count). The second-order valence-corrected chi connectivity index (χ2v) is 5.23. The van der Waals surface area contributed by atoms with Crippen molar-refractivity contribution in [2.75, 3.05) is 7.11 Å². The summed E-state index contributed by atoms with van der Waals surface area (Å²) in [5.74, 6) is 2.12. The Morgan fingerprint density at radius 1 is 0.895 bits per heavy atom. The maximum atomic E-state index is 5.19. The summed E-state index contributed by atoms with van der Waals surface area (Å²) in [5.41, 5.74) is 2.79. The first-order chi connectivity index (χ1) is 9.20. The van der Waals surface area contributed by atoms with Gasteiger partial charge in [-0.1, -0.05) is 56.3 Å². The van der Waals surface area contributed by atoms with Gasteiger partial charge in [0.05, 0.1) is 7.11 Å². The van der Waals surface area contributed by atoms with E-state index in [-0.39, 0.29) is 0 Å². The Balaban J connectivity index is 2.01. The number of rotatable bonds is 5. The molecule has 2 atom stereocenters. The van der Waals surface area contributed by atoms with Gasteiger partial charge in [-0.25, -0.2) is 0 Å². The van der Waals surface area contributed by atoms with E-state index in [1.54, 1.807) is 7.11 Å². The third-order valence-electron chi connectivity index (χ3n) is 3.90. The number of benzene rings is 2. The maximum absolute atomic E-state index is 5.19. The smallest absolute Gasteiger partial charge is 0.118 e. The van der Waals surface area contributed by atoms with Gasteiger partial charge in [-0.2, -0.15) is 0 Å². The first-order valence-corrected chi connectivity index (χ1v) is 6.88. The van der Waals surface area contributed by atoms with Crippen LogP contribution < -0.4 is 4.74 Å². The molecule has 100 valence electrons. The summed E-state index contributed by atoms with van der Waals surface area (Å²) in [6.45, 7) is 4.63. The van der Waals surface area contributed by atoms with Crippen molar-refractivity contribution in [3.63, 3.8) is 0 Å². The van der Waals surface area contributed by atoms with Gasteiger partial charge in [-0.15, -0.1) is 0 Å². The van der Waals surface area contributed by atoms with E-state index in [1.165, 1.54) is 11.1 Å². The molecule has 0 aliphatic rings. The fraction of sp³-hybridized carbons (Fsp3) is 0.333. The summed E-state index contributed by atoms with van der Waals surface area (Å²) >= 11 is 0. The highest BCUT2D eigenvalue weighted by molar-refractivity contribution is 5.28. The fourth-order valence-electron chi connectivity index (χ4n) is 2.40. The number of ether oxygens (including phenoxy) is 1. The average molecular weight is 254 g/mol. The van der Waals surface area contributed by atoms with Crippen molar-refractivity contribution in [2.45, 2.75) is 26.2 Å². The molecule has 2 aromatic rings. The predicted octanol–water partition coefficient (Wildman–Crippen LogP) is 4.68. The molecular weight excluding hydrogens is 232 g/mol. The van der Waals surface area contributed by atoms with Gasteiger partial charge < -0.3 is 4.74 Å². The first kappa shape index (κ1) is 13.7. The van der Waals surface area contributed by atoms with Crippen LogP contribution in [-0.2, 0) is 6.42 Å². The zero-order valence-electron chi connectivity index (χ0n) is 12.0. The van der Waals surface area contributed by atoms with Crippen LogP contribution in [0.1, 0.15) is 30.9 Å². The summed E-state index contributed by atoms with van der Waals surface area (Å²) in [5, 5.41) is 0. The van der Waals surface area contributed by atoms with Crippen LogP contribution >= 0.6 is 0 Å². The molecule has 0 N–H and O–H groups in total. The molecule has 0 spiro atoms. The minimum Gasteiger partial charge on any atom is -0.497 e. The zero-order valence-corrected chi connectivity index (χ0v) is 12.0. The molecule has 0 bridgehead atoms. The zero-order chi connectivity index (χ0) is 13.7. The fourth-order valence-corrected chi connectivity index (χ4v) is 2.40. The molecule has 0 saturated heterocycles. The highest BCUT2D eigenvalue weighted by Crippen LogP contribution is 2.27. The Morgan fingerprint density at radius 3 is 2.11 bits per heavy atom. The van der Waals surface area contributed by atoms with Crippen LogP contribution in [0, 0.1) is 5.92 Å². The molecule has 0 radical (unpaired) electrons. The maximum Gasteiger partial charge on any atom is 0.118 e. The SMILES string of the molecule is COc1ccc(CC(C)C(C)c2ccccc2)cc1. The molecule has 1 nitrogen and oxygen atoms in total. The molecule has 19 heavy (non-hydrogen) atoms. The van der Waals surface area contributed by atoms with Crippen molar-refractivity contribution < 1.29 is 4.74 Å². The standard InChI is InChI=1S/C18H22O/c1-14(15(2)17-7-5-4-6-8-17)13-16-9-11-18(19-3)12-10-16/h4-12,14-15H,13H2,1-3H3. The molecule has 0 heterocycles. The molecule has 0 aromatic heterocycles. The van der Waals surface area contributed by atoms with Crippen molar-refractivity contribution in [3.8, 4) is 5.75 Å². The van der Waals surface area contributed by atoms with Crippen LogP contribution in [-0.4, -0.2) is 7.11 Å². The molecule has 2 unspecified atom stereocenters. The highest BCUT2D eigenvalue weighted by Gasteiger charge is 2.14. The van der Waals surface area contributed by atoms with Crippen LogP contribution in [0.25, 0.3) is 0 Å². The number of hydrogen-bond acceptors (Lipinski definition) is 1. The average Bonchev–Trinajstić information content (AvgIpc) is 2.48. The van der Waals surface area contributed by atoms with Crippen LogP contribution in [0.3, 0.4) is 0 Å². The predicted molar refractivity (Wildman–Crippen MR) is 80.7 cm³/mol. The van der Waals surface area contributed by atoms with Crippen LogP contribution in [0.4, 0.5) is 0 Å². The minimum atomic E-state index is 0.573. The number of hydrogen-bond donors (Lipinski definition) is 0. The van der Waals surface area contributed by atoms with Gasteiger partial charge >= 0.3 is 0 Å². The normalized spacial score (nSPS) is 13.8. The molecule has 2 aromatic carbocycles. The van der Waals surface area contributed by atoms with Crippen molar-refractivity contribution in [3.05, 3.63) is 65.7 Å². The van der Waals surface area contributed by atoms with E-state index >= 15 is 0 Å². The van der Waals surface area contributed by atoms with Gasteiger partial charge in [0, 0.05) is 0 Å². The van der Waals surface area contributed by atoms with Gasteiger partial charge in [0.15, 0.2) is 0 Å². The summed E-state index contributed by atoms with van der Waals surface area (Å²) in [7, 11) is 1.70. The molecule has 0 fully saturated rings. The van der Waals surface area contributed by atoms with E-state index < -0.39 is 0 Å².